The summed E-state index contributed by atoms with van der Waals surface area (Å²) >= 11 is 0. The van der Waals surface area contributed by atoms with E-state index < -0.39 is 5.91 Å². The van der Waals surface area contributed by atoms with Gasteiger partial charge in [0.15, 0.2) is 0 Å². The first-order valence-corrected chi connectivity index (χ1v) is 10.8. The van der Waals surface area contributed by atoms with E-state index >= 15 is 0 Å². The summed E-state index contributed by atoms with van der Waals surface area (Å²) in [6, 6.07) is 13.6. The van der Waals surface area contributed by atoms with Crippen molar-refractivity contribution < 1.29 is 9.59 Å². The third-order valence-electron chi connectivity index (χ3n) is 6.08. The lowest BCUT2D eigenvalue weighted by Crippen LogP contribution is -2.47. The monoisotopic (exact) mass is 418 g/mol. The van der Waals surface area contributed by atoms with E-state index in [1.165, 1.54) is 5.56 Å². The van der Waals surface area contributed by atoms with Gasteiger partial charge in [0, 0.05) is 42.0 Å². The van der Waals surface area contributed by atoms with Gasteiger partial charge in [-0.25, -0.2) is 0 Å². The Morgan fingerprint density at radius 1 is 1.10 bits per heavy atom. The Balaban J connectivity index is 1.49. The van der Waals surface area contributed by atoms with Crippen LogP contribution in [0.15, 0.2) is 48.7 Å². The molecule has 0 spiro atoms. The first kappa shape index (κ1) is 21.0. The van der Waals surface area contributed by atoms with Gasteiger partial charge in [-0.05, 0) is 54.2 Å². The maximum atomic E-state index is 12.8. The highest BCUT2D eigenvalue weighted by Gasteiger charge is 2.24. The van der Waals surface area contributed by atoms with Crippen molar-refractivity contribution in [3.8, 4) is 0 Å². The van der Waals surface area contributed by atoms with Crippen molar-refractivity contribution in [2.24, 2.45) is 5.73 Å². The summed E-state index contributed by atoms with van der Waals surface area (Å²) in [5.74, 6) is -0.483. The standard InChI is InChI=1S/C25H30N4O2/c1-25(2,3)17-8-6-16(7-9-17)24(31)28-18-5-4-14-29(15-18)21-11-10-20(23(26)30)22-19(21)12-13-27-22/h6-13,18,27H,4-5,14-15H2,1-3H3,(H2,26,30)(H,28,31). The van der Waals surface area contributed by atoms with Crippen molar-refractivity contribution in [2.75, 3.05) is 18.0 Å². The summed E-state index contributed by atoms with van der Waals surface area (Å²) in [5, 5.41) is 4.18. The lowest BCUT2D eigenvalue weighted by molar-refractivity contribution is 0.0932. The Morgan fingerprint density at radius 2 is 1.84 bits per heavy atom. The number of nitrogens with two attached hydrogens (primary N) is 1. The van der Waals surface area contributed by atoms with Crippen LogP contribution in [0.2, 0.25) is 0 Å². The molecule has 0 saturated carbocycles. The molecular weight excluding hydrogens is 388 g/mol. The minimum atomic E-state index is -0.444. The molecule has 1 saturated heterocycles. The molecule has 6 heteroatoms. The summed E-state index contributed by atoms with van der Waals surface area (Å²) in [7, 11) is 0. The maximum Gasteiger partial charge on any atom is 0.251 e. The quantitative estimate of drug-likeness (QED) is 0.599. The Labute approximate surface area is 182 Å². The molecule has 1 unspecified atom stereocenters. The summed E-state index contributed by atoms with van der Waals surface area (Å²) in [5.41, 5.74) is 9.77. The normalized spacial score (nSPS) is 17.0. The largest absolute Gasteiger partial charge is 0.369 e. The number of carbonyl (C=O) groups is 2. The number of piperidine rings is 1. The zero-order valence-corrected chi connectivity index (χ0v) is 18.4. The number of hydrogen-bond donors (Lipinski definition) is 3. The molecule has 1 fully saturated rings. The third kappa shape index (κ3) is 4.29. The van der Waals surface area contributed by atoms with Gasteiger partial charge < -0.3 is 20.9 Å². The van der Waals surface area contributed by atoms with Crippen LogP contribution in [0.5, 0.6) is 0 Å². The van der Waals surface area contributed by atoms with Crippen molar-refractivity contribution in [1.29, 1.82) is 0 Å². The number of fused-ring (bicyclic) bond motifs is 1. The molecule has 4 N–H and O–H groups in total. The molecule has 0 bridgehead atoms. The van der Waals surface area contributed by atoms with Crippen molar-refractivity contribution in [3.63, 3.8) is 0 Å². The minimum absolute atomic E-state index is 0.0387. The highest BCUT2D eigenvalue weighted by atomic mass is 16.2. The molecule has 1 aliphatic heterocycles. The number of aromatic nitrogens is 1. The highest BCUT2D eigenvalue weighted by Crippen LogP contribution is 2.31. The average Bonchev–Trinajstić information content (AvgIpc) is 3.22. The first-order valence-electron chi connectivity index (χ1n) is 10.8. The molecule has 2 heterocycles. The van der Waals surface area contributed by atoms with Gasteiger partial charge in [-0.2, -0.15) is 0 Å². The number of H-pyrrole nitrogens is 1. The fourth-order valence-corrected chi connectivity index (χ4v) is 4.33. The topological polar surface area (TPSA) is 91.2 Å². The van der Waals surface area contributed by atoms with Gasteiger partial charge in [0.2, 0.25) is 0 Å². The van der Waals surface area contributed by atoms with Crippen LogP contribution in [0, 0.1) is 0 Å². The average molecular weight is 419 g/mol. The predicted octanol–water partition coefficient (Wildman–Crippen LogP) is 3.96. The van der Waals surface area contributed by atoms with Crippen LogP contribution in [0.1, 0.15) is 59.9 Å². The smallest absolute Gasteiger partial charge is 0.251 e. The number of nitrogens with one attached hydrogen (secondary N) is 2. The Kier molecular flexibility index (Phi) is 5.48. The summed E-state index contributed by atoms with van der Waals surface area (Å²) in [6.45, 7) is 8.12. The van der Waals surface area contributed by atoms with Crippen molar-refractivity contribution in [2.45, 2.75) is 45.1 Å². The Hall–Kier alpha value is -3.28. The second-order valence-corrected chi connectivity index (χ2v) is 9.35. The lowest BCUT2D eigenvalue weighted by Gasteiger charge is -2.35. The zero-order chi connectivity index (χ0) is 22.2. The number of nitrogens with zero attached hydrogens (tertiary/aromatic N) is 1. The van der Waals surface area contributed by atoms with E-state index in [1.807, 2.05) is 42.6 Å². The predicted molar refractivity (Wildman–Crippen MR) is 125 cm³/mol. The van der Waals surface area contributed by atoms with E-state index in [0.29, 0.717) is 11.1 Å². The molecule has 162 valence electrons. The molecule has 6 nitrogen and oxygen atoms in total. The molecule has 0 aliphatic carbocycles. The molecule has 4 rings (SSSR count). The SMILES string of the molecule is CC(C)(C)c1ccc(C(=O)NC2CCCN(c3ccc(C(N)=O)c4[nH]ccc34)C2)cc1. The molecule has 1 aromatic heterocycles. The number of rotatable bonds is 4. The van der Waals surface area contributed by atoms with E-state index in [4.69, 9.17) is 5.73 Å². The number of hydrogen-bond acceptors (Lipinski definition) is 3. The second-order valence-electron chi connectivity index (χ2n) is 9.35. The molecule has 31 heavy (non-hydrogen) atoms. The zero-order valence-electron chi connectivity index (χ0n) is 18.4. The number of amides is 2. The Morgan fingerprint density at radius 3 is 2.52 bits per heavy atom. The molecule has 2 aromatic carbocycles. The Bertz CT molecular complexity index is 1110. The van der Waals surface area contributed by atoms with Gasteiger partial charge in [-0.3, -0.25) is 9.59 Å². The molecule has 1 aliphatic rings. The van der Waals surface area contributed by atoms with Crippen LogP contribution < -0.4 is 16.0 Å². The second kappa shape index (κ2) is 8.10. The van der Waals surface area contributed by atoms with Crippen molar-refractivity contribution in [1.82, 2.24) is 10.3 Å². The summed E-state index contributed by atoms with van der Waals surface area (Å²) in [4.78, 5) is 30.0. The van der Waals surface area contributed by atoms with Crippen LogP contribution in [-0.2, 0) is 5.41 Å². The van der Waals surface area contributed by atoms with Crippen molar-refractivity contribution >= 4 is 28.4 Å². The van der Waals surface area contributed by atoms with Gasteiger partial charge >= 0.3 is 0 Å². The minimum Gasteiger partial charge on any atom is -0.369 e. The first-order chi connectivity index (χ1) is 14.7. The molecular formula is C25H30N4O2. The fourth-order valence-electron chi connectivity index (χ4n) is 4.33. The number of carbonyl (C=O) groups excluding carboxylic acids is 2. The number of aromatic amines is 1. The van der Waals surface area contributed by atoms with Crippen molar-refractivity contribution in [3.05, 3.63) is 65.4 Å². The lowest BCUT2D eigenvalue weighted by atomic mass is 9.86. The fraction of sp³-hybridized carbons (Fsp3) is 0.360. The van der Waals surface area contributed by atoms with E-state index in [-0.39, 0.29) is 17.4 Å². The number of primary amides is 1. The van der Waals surface area contributed by atoms with Gasteiger partial charge in [-0.15, -0.1) is 0 Å². The summed E-state index contributed by atoms with van der Waals surface area (Å²) in [6.07, 6.45) is 3.75. The van der Waals surface area contributed by atoms with Gasteiger partial charge in [0.05, 0.1) is 11.1 Å². The number of benzene rings is 2. The van der Waals surface area contributed by atoms with Crippen LogP contribution in [0.4, 0.5) is 5.69 Å². The number of anilines is 1. The maximum absolute atomic E-state index is 12.8. The van der Waals surface area contributed by atoms with Crippen LogP contribution >= 0.6 is 0 Å². The third-order valence-corrected chi connectivity index (χ3v) is 6.08. The molecule has 3 aromatic rings. The summed E-state index contributed by atoms with van der Waals surface area (Å²) < 4.78 is 0. The van der Waals surface area contributed by atoms with Crippen LogP contribution in [0.25, 0.3) is 10.9 Å². The van der Waals surface area contributed by atoms with E-state index in [1.54, 1.807) is 6.07 Å². The molecule has 0 radical (unpaired) electrons. The van der Waals surface area contributed by atoms with E-state index in [9.17, 15) is 9.59 Å². The van der Waals surface area contributed by atoms with Crippen LogP contribution in [-0.4, -0.2) is 35.9 Å². The van der Waals surface area contributed by atoms with E-state index in [0.717, 1.165) is 42.5 Å². The molecule has 1 atom stereocenters. The van der Waals surface area contributed by atoms with Crippen LogP contribution in [0.3, 0.4) is 0 Å². The van der Waals surface area contributed by atoms with Gasteiger partial charge in [0.1, 0.15) is 0 Å². The van der Waals surface area contributed by atoms with Gasteiger partial charge in [0.25, 0.3) is 11.8 Å². The highest BCUT2D eigenvalue weighted by molar-refractivity contribution is 6.08. The molecule has 2 amide bonds. The van der Waals surface area contributed by atoms with E-state index in [2.05, 4.69) is 36.0 Å². The van der Waals surface area contributed by atoms with Gasteiger partial charge in [-0.1, -0.05) is 32.9 Å².